The average molecular weight is 448 g/mol. The Balaban J connectivity index is 2.13. The molecular formula is C22H23F2N3O3S. The molecule has 164 valence electrons. The molecule has 0 spiro atoms. The van der Waals surface area contributed by atoms with Crippen molar-refractivity contribution in [2.75, 3.05) is 11.0 Å². The van der Waals surface area contributed by atoms with E-state index in [0.29, 0.717) is 22.5 Å². The Hall–Kier alpha value is -3.25. The van der Waals surface area contributed by atoms with Crippen molar-refractivity contribution in [1.82, 2.24) is 10.3 Å². The number of amides is 1. The number of hydrogen-bond acceptors (Lipinski definition) is 4. The van der Waals surface area contributed by atoms with Gasteiger partial charge in [-0.2, -0.15) is 0 Å². The maximum Gasteiger partial charge on any atom is 0.244 e. The van der Waals surface area contributed by atoms with Crippen LogP contribution in [0.1, 0.15) is 47.8 Å². The summed E-state index contributed by atoms with van der Waals surface area (Å²) in [4.78, 5) is 16.4. The van der Waals surface area contributed by atoms with Crippen LogP contribution in [0.25, 0.3) is 6.08 Å². The summed E-state index contributed by atoms with van der Waals surface area (Å²) < 4.78 is 52.0. The standard InChI is InChI=1S/C22H23F2N3O3S/c1-5-16-10-15(11-19(24)22(16)27-31(4,29)30)13-25-20(28)9-7-17-6-8-18(12-23)26-21(17)14(2)3/h1,6-11,14,27H,12-13H2,2-4H3,(H,25,28)/b9-7+. The van der Waals surface area contributed by atoms with E-state index >= 15 is 0 Å². The van der Waals surface area contributed by atoms with E-state index in [0.717, 1.165) is 12.3 Å². The molecule has 0 saturated heterocycles. The predicted octanol–water partition coefficient (Wildman–Crippen LogP) is 3.50. The van der Waals surface area contributed by atoms with E-state index in [1.807, 2.05) is 18.6 Å². The minimum atomic E-state index is -3.71. The second kappa shape index (κ2) is 10.2. The van der Waals surface area contributed by atoms with Crippen LogP contribution in [0.2, 0.25) is 0 Å². The summed E-state index contributed by atoms with van der Waals surface area (Å²) >= 11 is 0. The van der Waals surface area contributed by atoms with Gasteiger partial charge in [0, 0.05) is 12.6 Å². The van der Waals surface area contributed by atoms with Crippen molar-refractivity contribution in [1.29, 1.82) is 0 Å². The van der Waals surface area contributed by atoms with Crippen molar-refractivity contribution in [2.24, 2.45) is 0 Å². The lowest BCUT2D eigenvalue weighted by Gasteiger charge is -2.11. The highest BCUT2D eigenvalue weighted by molar-refractivity contribution is 7.92. The van der Waals surface area contributed by atoms with Gasteiger partial charge in [-0.1, -0.05) is 25.8 Å². The third-order valence-corrected chi connectivity index (χ3v) is 4.75. The molecule has 0 fully saturated rings. The molecule has 0 radical (unpaired) electrons. The first-order chi connectivity index (χ1) is 14.5. The molecule has 1 heterocycles. The number of benzene rings is 1. The molecule has 0 atom stereocenters. The van der Waals surface area contributed by atoms with Crippen molar-refractivity contribution in [2.45, 2.75) is 33.0 Å². The summed E-state index contributed by atoms with van der Waals surface area (Å²) in [5, 5.41) is 2.61. The quantitative estimate of drug-likeness (QED) is 0.479. The van der Waals surface area contributed by atoms with E-state index in [2.05, 4.69) is 16.2 Å². The highest BCUT2D eigenvalue weighted by Crippen LogP contribution is 2.23. The summed E-state index contributed by atoms with van der Waals surface area (Å²) in [5.41, 5.74) is 1.76. The van der Waals surface area contributed by atoms with Crippen LogP contribution in [0.3, 0.4) is 0 Å². The number of terminal acetylenes is 1. The Morgan fingerprint density at radius 2 is 2.03 bits per heavy atom. The van der Waals surface area contributed by atoms with Gasteiger partial charge in [-0.05, 0) is 41.3 Å². The monoisotopic (exact) mass is 447 g/mol. The van der Waals surface area contributed by atoms with Crippen molar-refractivity contribution in [3.05, 3.63) is 64.2 Å². The maximum absolute atomic E-state index is 14.3. The van der Waals surface area contributed by atoms with E-state index < -0.39 is 28.4 Å². The first kappa shape index (κ1) is 24.0. The number of carbonyl (C=O) groups is 1. The molecule has 1 amide bonds. The number of pyridine rings is 1. The van der Waals surface area contributed by atoms with Gasteiger partial charge in [0.15, 0.2) is 0 Å². The normalized spacial score (nSPS) is 11.5. The second-order valence-corrected chi connectivity index (χ2v) is 8.88. The van der Waals surface area contributed by atoms with Gasteiger partial charge < -0.3 is 5.32 Å². The molecule has 0 unspecified atom stereocenters. The first-order valence-electron chi connectivity index (χ1n) is 9.32. The highest BCUT2D eigenvalue weighted by atomic mass is 32.2. The zero-order chi connectivity index (χ0) is 23.2. The van der Waals surface area contributed by atoms with Crippen molar-refractivity contribution >= 4 is 27.7 Å². The van der Waals surface area contributed by atoms with Gasteiger partial charge in [0.2, 0.25) is 15.9 Å². The van der Waals surface area contributed by atoms with Crippen LogP contribution < -0.4 is 10.0 Å². The van der Waals surface area contributed by atoms with Gasteiger partial charge in [0.25, 0.3) is 0 Å². The van der Waals surface area contributed by atoms with Gasteiger partial charge in [-0.25, -0.2) is 17.2 Å². The van der Waals surface area contributed by atoms with E-state index in [-0.39, 0.29) is 23.7 Å². The number of halogens is 2. The van der Waals surface area contributed by atoms with Crippen molar-refractivity contribution in [3.8, 4) is 12.3 Å². The molecule has 0 aliphatic carbocycles. The second-order valence-electron chi connectivity index (χ2n) is 7.14. The third kappa shape index (κ3) is 6.89. The van der Waals surface area contributed by atoms with Gasteiger partial charge in [-0.15, -0.1) is 6.42 Å². The fourth-order valence-electron chi connectivity index (χ4n) is 2.79. The number of sulfonamides is 1. The minimum Gasteiger partial charge on any atom is -0.348 e. The van der Waals surface area contributed by atoms with Gasteiger partial charge in [0.1, 0.15) is 12.5 Å². The molecule has 0 aliphatic rings. The van der Waals surface area contributed by atoms with Crippen LogP contribution in [-0.2, 0) is 28.0 Å². The highest BCUT2D eigenvalue weighted by Gasteiger charge is 2.14. The SMILES string of the molecule is C#Cc1cc(CNC(=O)/C=C/c2ccc(CF)nc2C(C)C)cc(F)c1NS(C)(=O)=O. The molecule has 2 N–H and O–H groups in total. The summed E-state index contributed by atoms with van der Waals surface area (Å²) in [6, 6.07) is 5.76. The molecule has 31 heavy (non-hydrogen) atoms. The van der Waals surface area contributed by atoms with Crippen LogP contribution in [0.4, 0.5) is 14.5 Å². The lowest BCUT2D eigenvalue weighted by Crippen LogP contribution is -2.21. The average Bonchev–Trinajstić information content (AvgIpc) is 2.71. The predicted molar refractivity (Wildman–Crippen MR) is 117 cm³/mol. The first-order valence-corrected chi connectivity index (χ1v) is 11.2. The van der Waals surface area contributed by atoms with Crippen LogP contribution in [0, 0.1) is 18.2 Å². The Bertz CT molecular complexity index is 1150. The van der Waals surface area contributed by atoms with Crippen molar-refractivity contribution < 1.29 is 22.0 Å². The number of hydrogen-bond donors (Lipinski definition) is 2. The number of carbonyl (C=O) groups excluding carboxylic acids is 1. The molecule has 1 aromatic carbocycles. The molecule has 0 saturated carbocycles. The summed E-state index contributed by atoms with van der Waals surface area (Å²) in [6.45, 7) is 3.15. The number of nitrogens with one attached hydrogen (secondary N) is 2. The van der Waals surface area contributed by atoms with Crippen molar-refractivity contribution in [3.63, 3.8) is 0 Å². The fourth-order valence-corrected chi connectivity index (χ4v) is 3.37. The zero-order valence-electron chi connectivity index (χ0n) is 17.4. The number of rotatable bonds is 8. The Kier molecular flexibility index (Phi) is 7.89. The summed E-state index contributed by atoms with van der Waals surface area (Å²) in [6.07, 6.45) is 9.12. The molecule has 2 rings (SSSR count). The number of aromatic nitrogens is 1. The maximum atomic E-state index is 14.3. The number of anilines is 1. The van der Waals surface area contributed by atoms with E-state index in [4.69, 9.17) is 6.42 Å². The lowest BCUT2D eigenvalue weighted by molar-refractivity contribution is -0.116. The van der Waals surface area contributed by atoms with Crippen LogP contribution in [0.5, 0.6) is 0 Å². The smallest absolute Gasteiger partial charge is 0.244 e. The molecular weight excluding hydrogens is 424 g/mol. The number of alkyl halides is 1. The largest absolute Gasteiger partial charge is 0.348 e. The molecule has 1 aromatic heterocycles. The molecule has 9 heteroatoms. The van der Waals surface area contributed by atoms with E-state index in [1.165, 1.54) is 12.1 Å². The summed E-state index contributed by atoms with van der Waals surface area (Å²) in [7, 11) is -3.71. The Labute approximate surface area is 180 Å². The molecule has 0 aliphatic heterocycles. The zero-order valence-corrected chi connectivity index (χ0v) is 18.2. The topological polar surface area (TPSA) is 88.2 Å². The third-order valence-electron chi connectivity index (χ3n) is 4.17. The van der Waals surface area contributed by atoms with Gasteiger partial charge >= 0.3 is 0 Å². The van der Waals surface area contributed by atoms with E-state index in [1.54, 1.807) is 18.2 Å². The molecule has 0 bridgehead atoms. The summed E-state index contributed by atoms with van der Waals surface area (Å²) in [5.74, 6) is 0.987. The molecule has 6 nitrogen and oxygen atoms in total. The Morgan fingerprint density at radius 3 is 2.61 bits per heavy atom. The fraction of sp³-hybridized carbons (Fsp3) is 0.273. The molecule has 2 aromatic rings. The number of nitrogens with zero attached hydrogens (tertiary/aromatic N) is 1. The van der Waals surface area contributed by atoms with Gasteiger partial charge in [-0.3, -0.25) is 14.5 Å². The lowest BCUT2D eigenvalue weighted by atomic mass is 10.0. The Morgan fingerprint density at radius 1 is 1.32 bits per heavy atom. The van der Waals surface area contributed by atoms with Gasteiger partial charge in [0.05, 0.1) is 28.9 Å². The van der Waals surface area contributed by atoms with Crippen LogP contribution >= 0.6 is 0 Å². The van der Waals surface area contributed by atoms with Crippen LogP contribution in [0.15, 0.2) is 30.3 Å². The van der Waals surface area contributed by atoms with Crippen LogP contribution in [-0.4, -0.2) is 25.6 Å². The van der Waals surface area contributed by atoms with E-state index in [9.17, 15) is 22.0 Å². The minimum absolute atomic E-state index is 0.0193.